The molecule has 1 heterocycles. The van der Waals surface area contributed by atoms with Crippen molar-refractivity contribution in [3.8, 4) is 17.2 Å². The molecule has 1 fully saturated rings. The summed E-state index contributed by atoms with van der Waals surface area (Å²) in [6.07, 6.45) is 2.33. The van der Waals surface area contributed by atoms with Crippen molar-refractivity contribution >= 4 is 17.4 Å². The number of aliphatic hydroxyl groups excluding tert-OH is 1. The summed E-state index contributed by atoms with van der Waals surface area (Å²) in [5.41, 5.74) is 1.96. The third-order valence-electron chi connectivity index (χ3n) is 6.50. The maximum absolute atomic E-state index is 13.4. The van der Waals surface area contributed by atoms with Gasteiger partial charge in [-0.3, -0.25) is 9.59 Å². The first-order valence-electron chi connectivity index (χ1n) is 12.9. The lowest BCUT2D eigenvalue weighted by Gasteiger charge is -2.26. The van der Waals surface area contributed by atoms with Crippen molar-refractivity contribution < 1.29 is 24.2 Å². The molecule has 39 heavy (non-hydrogen) atoms. The van der Waals surface area contributed by atoms with Gasteiger partial charge in [0, 0.05) is 12.1 Å². The standard InChI is InChI=1S/C32H34N2O5/c1-5-19-38-27-16-15-24(20-22(27)2)30(35)28-29(34(32(37)31(28)36)18-10-17-33(3)4)23-11-9-14-26(21-23)39-25-12-7-6-8-13-25/h5-9,11-16,20-21,29,35H,1,10,17-19H2,2-4H3/t29-/m0/s1. The molecular weight excluding hydrogens is 492 g/mol. The van der Waals surface area contributed by atoms with E-state index in [4.69, 9.17) is 9.47 Å². The first-order chi connectivity index (χ1) is 18.8. The van der Waals surface area contributed by atoms with E-state index in [0.717, 1.165) is 12.1 Å². The Hall–Kier alpha value is -4.36. The van der Waals surface area contributed by atoms with Gasteiger partial charge in [0.15, 0.2) is 0 Å². The number of carbonyl (C=O) groups excluding carboxylic acids is 2. The predicted octanol–water partition coefficient (Wildman–Crippen LogP) is 5.73. The fraction of sp³-hybridized carbons (Fsp3) is 0.250. The quantitative estimate of drug-likeness (QED) is 0.149. The maximum Gasteiger partial charge on any atom is 0.295 e. The van der Waals surface area contributed by atoms with Crippen molar-refractivity contribution in [1.82, 2.24) is 9.80 Å². The van der Waals surface area contributed by atoms with Gasteiger partial charge in [0.25, 0.3) is 11.7 Å². The van der Waals surface area contributed by atoms with Crippen LogP contribution in [0.15, 0.2) is 91.0 Å². The summed E-state index contributed by atoms with van der Waals surface area (Å²) in [4.78, 5) is 30.3. The Morgan fingerprint density at radius 2 is 1.77 bits per heavy atom. The minimum Gasteiger partial charge on any atom is -0.507 e. The number of ether oxygens (including phenoxy) is 2. The molecule has 0 radical (unpaired) electrons. The van der Waals surface area contributed by atoms with Crippen LogP contribution in [0.25, 0.3) is 5.76 Å². The molecule has 0 aromatic heterocycles. The van der Waals surface area contributed by atoms with E-state index in [1.165, 1.54) is 0 Å². The molecule has 7 heteroatoms. The highest BCUT2D eigenvalue weighted by Gasteiger charge is 2.46. The van der Waals surface area contributed by atoms with E-state index in [-0.39, 0.29) is 11.3 Å². The average Bonchev–Trinajstić information content (AvgIpc) is 3.17. The molecule has 1 aliphatic heterocycles. The van der Waals surface area contributed by atoms with Gasteiger partial charge in [-0.1, -0.05) is 43.0 Å². The van der Waals surface area contributed by atoms with Crippen molar-refractivity contribution in [3.05, 3.63) is 108 Å². The molecule has 3 aromatic rings. The largest absolute Gasteiger partial charge is 0.507 e. The van der Waals surface area contributed by atoms with Crippen molar-refractivity contribution in [2.24, 2.45) is 0 Å². The van der Waals surface area contributed by atoms with Gasteiger partial charge in [0.2, 0.25) is 0 Å². The lowest BCUT2D eigenvalue weighted by molar-refractivity contribution is -0.139. The highest BCUT2D eigenvalue weighted by Crippen LogP contribution is 2.41. The monoisotopic (exact) mass is 526 g/mol. The van der Waals surface area contributed by atoms with E-state index in [0.29, 0.717) is 47.9 Å². The number of para-hydroxylation sites is 1. The highest BCUT2D eigenvalue weighted by atomic mass is 16.5. The number of amides is 1. The number of hydrogen-bond acceptors (Lipinski definition) is 6. The normalized spacial score (nSPS) is 16.5. The Kier molecular flexibility index (Phi) is 8.84. The Balaban J connectivity index is 1.76. The van der Waals surface area contributed by atoms with Gasteiger partial charge in [-0.2, -0.15) is 0 Å². The number of aryl methyl sites for hydroxylation is 1. The summed E-state index contributed by atoms with van der Waals surface area (Å²) in [7, 11) is 3.92. The second kappa shape index (κ2) is 12.5. The summed E-state index contributed by atoms with van der Waals surface area (Å²) in [5.74, 6) is 0.332. The molecule has 1 amide bonds. The van der Waals surface area contributed by atoms with Crippen LogP contribution in [-0.2, 0) is 9.59 Å². The first-order valence-corrected chi connectivity index (χ1v) is 12.9. The fourth-order valence-electron chi connectivity index (χ4n) is 4.65. The number of benzene rings is 3. The number of likely N-dealkylation sites (tertiary alicyclic amines) is 1. The number of rotatable bonds is 11. The van der Waals surface area contributed by atoms with E-state index >= 15 is 0 Å². The van der Waals surface area contributed by atoms with Gasteiger partial charge >= 0.3 is 0 Å². The molecule has 0 saturated carbocycles. The zero-order valence-corrected chi connectivity index (χ0v) is 22.6. The van der Waals surface area contributed by atoms with Crippen molar-refractivity contribution in [1.29, 1.82) is 0 Å². The summed E-state index contributed by atoms with van der Waals surface area (Å²) in [6.45, 7) is 6.99. The van der Waals surface area contributed by atoms with E-state index in [2.05, 4.69) is 6.58 Å². The third-order valence-corrected chi connectivity index (χ3v) is 6.50. The molecule has 0 unspecified atom stereocenters. The summed E-state index contributed by atoms with van der Waals surface area (Å²) in [6, 6.07) is 21.1. The number of ketones is 1. The van der Waals surface area contributed by atoms with Gasteiger partial charge in [-0.25, -0.2) is 0 Å². The Morgan fingerprint density at radius 3 is 2.46 bits per heavy atom. The number of Topliss-reactive ketones (excluding diaryl/α,β-unsaturated/α-hetero) is 1. The second-order valence-electron chi connectivity index (χ2n) is 9.72. The molecule has 0 aliphatic carbocycles. The maximum atomic E-state index is 13.4. The second-order valence-corrected chi connectivity index (χ2v) is 9.72. The van der Waals surface area contributed by atoms with Crippen LogP contribution >= 0.6 is 0 Å². The summed E-state index contributed by atoms with van der Waals surface area (Å²) >= 11 is 0. The van der Waals surface area contributed by atoms with Gasteiger partial charge in [0.1, 0.15) is 29.6 Å². The zero-order valence-electron chi connectivity index (χ0n) is 22.6. The molecule has 1 aliphatic rings. The van der Waals surface area contributed by atoms with Crippen LogP contribution in [0.5, 0.6) is 17.2 Å². The van der Waals surface area contributed by atoms with Crippen LogP contribution < -0.4 is 9.47 Å². The molecule has 0 bridgehead atoms. The number of hydrogen-bond donors (Lipinski definition) is 1. The van der Waals surface area contributed by atoms with Crippen molar-refractivity contribution in [2.45, 2.75) is 19.4 Å². The van der Waals surface area contributed by atoms with E-state index < -0.39 is 17.7 Å². The topological polar surface area (TPSA) is 79.3 Å². The van der Waals surface area contributed by atoms with Gasteiger partial charge in [-0.15, -0.1) is 0 Å². The first kappa shape index (κ1) is 27.7. The molecule has 3 aromatic carbocycles. The molecule has 202 valence electrons. The lowest BCUT2D eigenvalue weighted by Crippen LogP contribution is -2.32. The minimum absolute atomic E-state index is 0.0564. The predicted molar refractivity (Wildman–Crippen MR) is 152 cm³/mol. The van der Waals surface area contributed by atoms with Crippen molar-refractivity contribution in [3.63, 3.8) is 0 Å². The number of aliphatic hydroxyl groups is 1. The highest BCUT2D eigenvalue weighted by molar-refractivity contribution is 6.46. The van der Waals surface area contributed by atoms with Crippen LogP contribution in [0.2, 0.25) is 0 Å². The Bertz CT molecular complexity index is 1380. The van der Waals surface area contributed by atoms with Crippen LogP contribution in [-0.4, -0.2) is 60.4 Å². The zero-order chi connectivity index (χ0) is 27.9. The van der Waals surface area contributed by atoms with Crippen LogP contribution in [0.3, 0.4) is 0 Å². The average molecular weight is 527 g/mol. The molecule has 7 nitrogen and oxygen atoms in total. The van der Waals surface area contributed by atoms with E-state index in [1.54, 1.807) is 29.2 Å². The number of nitrogens with zero attached hydrogens (tertiary/aromatic N) is 2. The van der Waals surface area contributed by atoms with Crippen LogP contribution in [0, 0.1) is 6.92 Å². The molecule has 4 rings (SSSR count). The molecule has 1 N–H and O–H groups in total. The van der Waals surface area contributed by atoms with Gasteiger partial charge in [0.05, 0.1) is 11.6 Å². The SMILES string of the molecule is C=CCOc1ccc(C(O)=C2C(=O)C(=O)N(CCCN(C)C)[C@H]2c2cccc(Oc3ccccc3)c2)cc1C. The van der Waals surface area contributed by atoms with Crippen LogP contribution in [0.1, 0.15) is 29.2 Å². The Labute approximate surface area is 229 Å². The minimum atomic E-state index is -0.761. The van der Waals surface area contributed by atoms with Crippen LogP contribution in [0.4, 0.5) is 0 Å². The molecule has 1 saturated heterocycles. The van der Waals surface area contributed by atoms with Gasteiger partial charge in [-0.05, 0) is 87.6 Å². The third kappa shape index (κ3) is 6.38. The van der Waals surface area contributed by atoms with Crippen molar-refractivity contribution in [2.75, 3.05) is 33.8 Å². The smallest absolute Gasteiger partial charge is 0.295 e. The summed E-state index contributed by atoms with van der Waals surface area (Å²) in [5, 5.41) is 11.5. The number of carbonyl (C=O) groups is 2. The lowest BCUT2D eigenvalue weighted by atomic mass is 9.94. The molecule has 1 atom stereocenters. The summed E-state index contributed by atoms with van der Waals surface area (Å²) < 4.78 is 11.7. The van der Waals surface area contributed by atoms with E-state index in [1.807, 2.05) is 80.5 Å². The Morgan fingerprint density at radius 1 is 1.03 bits per heavy atom. The van der Waals surface area contributed by atoms with Gasteiger partial charge < -0.3 is 24.4 Å². The molecule has 0 spiro atoms. The molecular formula is C32H34N2O5. The fourth-order valence-corrected chi connectivity index (χ4v) is 4.65. The van der Waals surface area contributed by atoms with E-state index in [9.17, 15) is 14.7 Å².